The number of thioether (sulfide) groups is 1. The number of nitrogens with zero attached hydrogens (tertiary/aromatic N) is 1. The maximum atomic E-state index is 9.04. The summed E-state index contributed by atoms with van der Waals surface area (Å²) in [5.74, 6) is 0.461. The second-order valence-electron chi connectivity index (χ2n) is 3.71. The van der Waals surface area contributed by atoms with Gasteiger partial charge in [-0.1, -0.05) is 36.4 Å². The molecule has 2 atom stereocenters. The molecule has 2 heteroatoms. The number of nitriles is 1. The van der Waals surface area contributed by atoms with Crippen LogP contribution in [0.1, 0.15) is 17.0 Å². The molecule has 1 heterocycles. The second-order valence-corrected chi connectivity index (χ2v) is 4.90. The van der Waals surface area contributed by atoms with E-state index in [0.29, 0.717) is 11.2 Å². The first-order chi connectivity index (χ1) is 7.40. The minimum atomic E-state index is 0.461. The zero-order chi connectivity index (χ0) is 10.3. The standard InChI is InChI=1S/C13H9NS/c14-8-9-4-3-6-11-10-5-1-2-7-12(10)15-13(9)11/h1-7,10,12H. The molecule has 2 aliphatic rings. The van der Waals surface area contributed by atoms with Crippen LogP contribution >= 0.6 is 11.8 Å². The quantitative estimate of drug-likeness (QED) is 0.657. The molecule has 1 aromatic rings. The van der Waals surface area contributed by atoms with Crippen LogP contribution in [0, 0.1) is 11.3 Å². The fourth-order valence-corrected chi connectivity index (χ4v) is 3.56. The van der Waals surface area contributed by atoms with E-state index in [1.165, 1.54) is 10.5 Å². The summed E-state index contributed by atoms with van der Waals surface area (Å²) in [6, 6.07) is 8.28. The number of allylic oxidation sites excluding steroid dienone is 3. The van der Waals surface area contributed by atoms with Gasteiger partial charge in [0, 0.05) is 16.1 Å². The summed E-state index contributed by atoms with van der Waals surface area (Å²) in [4.78, 5) is 1.17. The van der Waals surface area contributed by atoms with Gasteiger partial charge < -0.3 is 0 Å². The van der Waals surface area contributed by atoms with E-state index in [-0.39, 0.29) is 0 Å². The van der Waals surface area contributed by atoms with Crippen molar-refractivity contribution in [3.05, 3.63) is 53.6 Å². The van der Waals surface area contributed by atoms with Crippen LogP contribution in [0.3, 0.4) is 0 Å². The van der Waals surface area contributed by atoms with Gasteiger partial charge in [0.1, 0.15) is 6.07 Å². The third kappa shape index (κ3) is 1.24. The minimum Gasteiger partial charge on any atom is -0.192 e. The summed E-state index contributed by atoms with van der Waals surface area (Å²) in [6.45, 7) is 0. The van der Waals surface area contributed by atoms with Crippen LogP contribution < -0.4 is 0 Å². The molecule has 1 aliphatic carbocycles. The zero-order valence-electron chi connectivity index (χ0n) is 8.05. The Balaban J connectivity index is 2.17. The van der Waals surface area contributed by atoms with Crippen LogP contribution in [0.25, 0.3) is 0 Å². The Bertz CT molecular complexity index is 508. The lowest BCUT2D eigenvalue weighted by molar-refractivity contribution is 0.880. The molecule has 0 saturated carbocycles. The topological polar surface area (TPSA) is 23.8 Å². The molecular formula is C13H9NS. The summed E-state index contributed by atoms with van der Waals surface area (Å²) in [5, 5.41) is 9.52. The SMILES string of the molecule is N#Cc1cccc2c1SC1C=CC=CC21. The van der Waals surface area contributed by atoms with E-state index in [2.05, 4.69) is 36.4 Å². The lowest BCUT2D eigenvalue weighted by Gasteiger charge is -2.14. The van der Waals surface area contributed by atoms with Crippen molar-refractivity contribution in [1.29, 1.82) is 5.26 Å². The highest BCUT2D eigenvalue weighted by Crippen LogP contribution is 2.49. The highest BCUT2D eigenvalue weighted by atomic mass is 32.2. The number of fused-ring (bicyclic) bond motifs is 3. The van der Waals surface area contributed by atoms with E-state index < -0.39 is 0 Å². The van der Waals surface area contributed by atoms with Gasteiger partial charge in [0.2, 0.25) is 0 Å². The van der Waals surface area contributed by atoms with Gasteiger partial charge in [-0.25, -0.2) is 0 Å². The molecule has 1 nitrogen and oxygen atoms in total. The highest BCUT2D eigenvalue weighted by Gasteiger charge is 2.32. The van der Waals surface area contributed by atoms with Crippen molar-refractivity contribution in [3.63, 3.8) is 0 Å². The zero-order valence-corrected chi connectivity index (χ0v) is 8.87. The van der Waals surface area contributed by atoms with Crippen molar-refractivity contribution in [2.24, 2.45) is 0 Å². The molecule has 1 aromatic carbocycles. The Kier molecular flexibility index (Phi) is 1.93. The normalized spacial score (nSPS) is 25.8. The highest BCUT2D eigenvalue weighted by molar-refractivity contribution is 8.00. The first kappa shape index (κ1) is 8.82. The minimum absolute atomic E-state index is 0.461. The van der Waals surface area contributed by atoms with E-state index in [4.69, 9.17) is 5.26 Å². The van der Waals surface area contributed by atoms with E-state index in [1.807, 2.05) is 23.9 Å². The van der Waals surface area contributed by atoms with Crippen LogP contribution in [0.15, 0.2) is 47.4 Å². The predicted molar refractivity (Wildman–Crippen MR) is 61.8 cm³/mol. The maximum absolute atomic E-state index is 9.04. The van der Waals surface area contributed by atoms with Gasteiger partial charge >= 0.3 is 0 Å². The average Bonchev–Trinajstić information content (AvgIpc) is 2.67. The van der Waals surface area contributed by atoms with E-state index in [9.17, 15) is 0 Å². The van der Waals surface area contributed by atoms with Crippen molar-refractivity contribution in [2.45, 2.75) is 16.1 Å². The number of hydrogen-bond donors (Lipinski definition) is 0. The molecule has 72 valence electrons. The third-order valence-electron chi connectivity index (χ3n) is 2.86. The van der Waals surface area contributed by atoms with Crippen molar-refractivity contribution < 1.29 is 0 Å². The van der Waals surface area contributed by atoms with E-state index in [1.54, 1.807) is 0 Å². The summed E-state index contributed by atoms with van der Waals surface area (Å²) >= 11 is 1.81. The maximum Gasteiger partial charge on any atom is 0.100 e. The fraction of sp³-hybridized carbons (Fsp3) is 0.154. The third-order valence-corrected chi connectivity index (χ3v) is 4.28. The molecule has 0 amide bonds. The molecule has 0 radical (unpaired) electrons. The Hall–Kier alpha value is -1.46. The first-order valence-electron chi connectivity index (χ1n) is 4.95. The second kappa shape index (κ2) is 3.29. The van der Waals surface area contributed by atoms with Crippen LogP contribution in [-0.2, 0) is 0 Å². The van der Waals surface area contributed by atoms with Gasteiger partial charge in [-0.3, -0.25) is 0 Å². The number of hydrogen-bond acceptors (Lipinski definition) is 2. The molecule has 0 aromatic heterocycles. The molecule has 3 rings (SSSR count). The van der Waals surface area contributed by atoms with Gasteiger partial charge in [-0.15, -0.1) is 11.8 Å². The van der Waals surface area contributed by atoms with Crippen LogP contribution in [0.2, 0.25) is 0 Å². The van der Waals surface area contributed by atoms with Crippen LogP contribution in [0.5, 0.6) is 0 Å². The van der Waals surface area contributed by atoms with Crippen molar-refractivity contribution in [1.82, 2.24) is 0 Å². The van der Waals surface area contributed by atoms with Crippen molar-refractivity contribution >= 4 is 11.8 Å². The van der Waals surface area contributed by atoms with Crippen molar-refractivity contribution in [2.75, 3.05) is 0 Å². The van der Waals surface area contributed by atoms with E-state index in [0.717, 1.165) is 5.56 Å². The monoisotopic (exact) mass is 211 g/mol. The Labute approximate surface area is 93.1 Å². The van der Waals surface area contributed by atoms with Gasteiger partial charge in [-0.2, -0.15) is 5.26 Å². The van der Waals surface area contributed by atoms with Gasteiger partial charge in [0.25, 0.3) is 0 Å². The molecule has 0 saturated heterocycles. The molecule has 0 fully saturated rings. The Morgan fingerprint density at radius 2 is 2.07 bits per heavy atom. The number of rotatable bonds is 0. The molecular weight excluding hydrogens is 202 g/mol. The summed E-state index contributed by atoms with van der Waals surface area (Å²) in [5.41, 5.74) is 2.12. The molecule has 0 bridgehead atoms. The van der Waals surface area contributed by atoms with Crippen LogP contribution in [0.4, 0.5) is 0 Å². The molecule has 1 aliphatic heterocycles. The molecule has 0 spiro atoms. The summed E-state index contributed by atoms with van der Waals surface area (Å²) in [6.07, 6.45) is 8.63. The summed E-state index contributed by atoms with van der Waals surface area (Å²) in [7, 11) is 0. The molecule has 2 unspecified atom stereocenters. The van der Waals surface area contributed by atoms with Gasteiger partial charge in [-0.05, 0) is 11.6 Å². The van der Waals surface area contributed by atoms with Gasteiger partial charge in [0.05, 0.1) is 5.56 Å². The Morgan fingerprint density at radius 1 is 1.20 bits per heavy atom. The lowest BCUT2D eigenvalue weighted by Crippen LogP contribution is -2.06. The predicted octanol–water partition coefficient (Wildman–Crippen LogP) is 3.24. The average molecular weight is 211 g/mol. The molecule has 15 heavy (non-hydrogen) atoms. The number of benzene rings is 1. The lowest BCUT2D eigenvalue weighted by atomic mass is 9.92. The largest absolute Gasteiger partial charge is 0.192 e. The molecule has 0 N–H and O–H groups in total. The summed E-state index contributed by atoms with van der Waals surface area (Å²) < 4.78 is 0. The van der Waals surface area contributed by atoms with Crippen molar-refractivity contribution in [3.8, 4) is 6.07 Å². The Morgan fingerprint density at radius 3 is 2.93 bits per heavy atom. The van der Waals surface area contributed by atoms with Crippen LogP contribution in [-0.4, -0.2) is 5.25 Å². The fourth-order valence-electron chi connectivity index (χ4n) is 2.15. The smallest absolute Gasteiger partial charge is 0.100 e. The van der Waals surface area contributed by atoms with E-state index >= 15 is 0 Å². The van der Waals surface area contributed by atoms with Gasteiger partial charge in [0.15, 0.2) is 0 Å². The first-order valence-corrected chi connectivity index (χ1v) is 5.83.